The van der Waals surface area contributed by atoms with Crippen LogP contribution in [0, 0.1) is 13.8 Å². The van der Waals surface area contributed by atoms with Crippen LogP contribution in [0.25, 0.3) is 10.9 Å². The summed E-state index contributed by atoms with van der Waals surface area (Å²) in [4.78, 5) is 17.9. The highest BCUT2D eigenvalue weighted by atomic mass is 32.1. The van der Waals surface area contributed by atoms with Crippen molar-refractivity contribution in [2.24, 2.45) is 0 Å². The average molecular weight is 462 g/mol. The molecule has 0 fully saturated rings. The summed E-state index contributed by atoms with van der Waals surface area (Å²) in [6.07, 6.45) is 1.63. The van der Waals surface area contributed by atoms with Gasteiger partial charge in [0.15, 0.2) is 5.11 Å². The van der Waals surface area contributed by atoms with Crippen LogP contribution < -0.4 is 15.6 Å². The molecule has 0 bridgehead atoms. The number of hydrogen-bond donors (Lipinski definition) is 2. The maximum atomic E-state index is 12.9. The fourth-order valence-electron chi connectivity index (χ4n) is 3.74. The molecule has 0 spiro atoms. The first-order chi connectivity index (χ1) is 15.9. The maximum Gasteiger partial charge on any atom is 0.253 e. The molecular formula is C26H27N3O3S. The van der Waals surface area contributed by atoms with Crippen molar-refractivity contribution in [3.8, 4) is 5.75 Å². The molecule has 2 aromatic carbocycles. The van der Waals surface area contributed by atoms with Crippen molar-refractivity contribution in [3.63, 3.8) is 0 Å². The monoisotopic (exact) mass is 461 g/mol. The lowest BCUT2D eigenvalue weighted by atomic mass is 10.0. The van der Waals surface area contributed by atoms with E-state index in [4.69, 9.17) is 21.4 Å². The Bertz CT molecular complexity index is 1310. The van der Waals surface area contributed by atoms with E-state index >= 15 is 0 Å². The molecule has 0 saturated heterocycles. The van der Waals surface area contributed by atoms with Crippen LogP contribution in [0.3, 0.4) is 0 Å². The lowest BCUT2D eigenvalue weighted by Gasteiger charge is -2.25. The number of benzene rings is 2. The molecule has 0 saturated carbocycles. The summed E-state index contributed by atoms with van der Waals surface area (Å²) in [5.41, 5.74) is 4.38. The van der Waals surface area contributed by atoms with E-state index < -0.39 is 0 Å². The topological polar surface area (TPSA) is 70.5 Å². The Morgan fingerprint density at radius 2 is 1.85 bits per heavy atom. The standard InChI is InChI=1S/C26H27N3O3S/c1-4-31-21-11-9-20(10-12-21)27-26(33)29(16-22-6-5-13-32-22)15-19-14-23-17(2)7-8-18(3)24(23)28-25(19)30/h5-14H,4,15-16H2,1-3H3,(H,27,33)(H,28,30). The normalized spacial score (nSPS) is 10.9. The van der Waals surface area contributed by atoms with Crippen LogP contribution in [0.15, 0.2) is 70.1 Å². The molecule has 170 valence electrons. The van der Waals surface area contributed by atoms with Gasteiger partial charge in [-0.2, -0.15) is 0 Å². The minimum absolute atomic E-state index is 0.121. The van der Waals surface area contributed by atoms with E-state index in [1.54, 1.807) is 6.26 Å². The van der Waals surface area contributed by atoms with Gasteiger partial charge in [0.25, 0.3) is 5.56 Å². The molecule has 2 aromatic heterocycles. The molecule has 0 radical (unpaired) electrons. The second-order valence-electron chi connectivity index (χ2n) is 7.93. The highest BCUT2D eigenvalue weighted by molar-refractivity contribution is 7.80. The van der Waals surface area contributed by atoms with Crippen LogP contribution in [0.5, 0.6) is 5.75 Å². The van der Waals surface area contributed by atoms with Crippen molar-refractivity contribution < 1.29 is 9.15 Å². The number of fused-ring (bicyclic) bond motifs is 1. The summed E-state index contributed by atoms with van der Waals surface area (Å²) in [7, 11) is 0. The molecule has 2 N–H and O–H groups in total. The largest absolute Gasteiger partial charge is 0.494 e. The summed E-state index contributed by atoms with van der Waals surface area (Å²) in [5, 5.41) is 4.80. The molecule has 0 aliphatic rings. The Hall–Kier alpha value is -3.58. The van der Waals surface area contributed by atoms with E-state index in [9.17, 15) is 4.79 Å². The number of aryl methyl sites for hydroxylation is 2. The number of rotatable bonds is 7. The summed E-state index contributed by atoms with van der Waals surface area (Å²) in [6.45, 7) is 7.37. The lowest BCUT2D eigenvalue weighted by Crippen LogP contribution is -2.35. The third-order valence-corrected chi connectivity index (χ3v) is 5.87. The smallest absolute Gasteiger partial charge is 0.253 e. The number of H-pyrrole nitrogens is 1. The van der Waals surface area contributed by atoms with Gasteiger partial charge in [-0.1, -0.05) is 12.1 Å². The quantitative estimate of drug-likeness (QED) is 0.352. The van der Waals surface area contributed by atoms with Gasteiger partial charge < -0.3 is 24.4 Å². The summed E-state index contributed by atoms with van der Waals surface area (Å²) >= 11 is 5.73. The highest BCUT2D eigenvalue weighted by Crippen LogP contribution is 2.21. The van der Waals surface area contributed by atoms with Crippen LogP contribution in [0.1, 0.15) is 29.4 Å². The SMILES string of the molecule is CCOc1ccc(NC(=S)N(Cc2ccco2)Cc2cc3c(C)ccc(C)c3[nH]c2=O)cc1. The first-order valence-electron chi connectivity index (χ1n) is 10.9. The number of thiocarbonyl (C=S) groups is 1. The summed E-state index contributed by atoms with van der Waals surface area (Å²) in [5.74, 6) is 1.56. The molecule has 6 nitrogen and oxygen atoms in total. The molecule has 4 aromatic rings. The van der Waals surface area contributed by atoms with Gasteiger partial charge in [0.2, 0.25) is 0 Å². The Morgan fingerprint density at radius 1 is 1.09 bits per heavy atom. The van der Waals surface area contributed by atoms with Crippen molar-refractivity contribution in [2.75, 3.05) is 11.9 Å². The van der Waals surface area contributed by atoms with Gasteiger partial charge in [-0.25, -0.2) is 0 Å². The third kappa shape index (κ3) is 5.26. The van der Waals surface area contributed by atoms with E-state index in [0.29, 0.717) is 30.4 Å². The van der Waals surface area contributed by atoms with Gasteiger partial charge in [0, 0.05) is 16.6 Å². The Balaban J connectivity index is 1.62. The molecule has 4 rings (SSSR count). The first kappa shape index (κ1) is 22.6. The predicted octanol–water partition coefficient (Wildman–Crippen LogP) is 5.54. The number of aromatic amines is 1. The molecule has 0 aliphatic carbocycles. The lowest BCUT2D eigenvalue weighted by molar-refractivity contribution is 0.340. The highest BCUT2D eigenvalue weighted by Gasteiger charge is 2.16. The van der Waals surface area contributed by atoms with E-state index in [2.05, 4.69) is 16.4 Å². The van der Waals surface area contributed by atoms with E-state index in [1.165, 1.54) is 0 Å². The third-order valence-electron chi connectivity index (χ3n) is 5.51. The number of nitrogens with zero attached hydrogens (tertiary/aromatic N) is 1. The first-order valence-corrected chi connectivity index (χ1v) is 11.3. The minimum Gasteiger partial charge on any atom is -0.494 e. The second-order valence-corrected chi connectivity index (χ2v) is 8.32. The Morgan fingerprint density at radius 3 is 2.55 bits per heavy atom. The zero-order valence-corrected chi connectivity index (χ0v) is 19.8. The second kappa shape index (κ2) is 9.92. The summed E-state index contributed by atoms with van der Waals surface area (Å²) < 4.78 is 11.1. The van der Waals surface area contributed by atoms with Crippen LogP contribution in [0.4, 0.5) is 5.69 Å². The fourth-order valence-corrected chi connectivity index (χ4v) is 3.98. The molecule has 0 aliphatic heterocycles. The van der Waals surface area contributed by atoms with Crippen LogP contribution in [0.2, 0.25) is 0 Å². The van der Waals surface area contributed by atoms with Crippen molar-refractivity contribution in [2.45, 2.75) is 33.9 Å². The molecule has 0 unspecified atom stereocenters. The molecule has 0 amide bonds. The average Bonchev–Trinajstić information content (AvgIpc) is 3.31. The van der Waals surface area contributed by atoms with Gasteiger partial charge in [0.05, 0.1) is 31.5 Å². The minimum atomic E-state index is -0.121. The molecule has 0 atom stereocenters. The number of furan rings is 1. The fraction of sp³-hybridized carbons (Fsp3) is 0.231. The number of hydrogen-bond acceptors (Lipinski definition) is 4. The molecule has 33 heavy (non-hydrogen) atoms. The van der Waals surface area contributed by atoms with Crippen LogP contribution >= 0.6 is 12.2 Å². The van der Waals surface area contributed by atoms with Crippen molar-refractivity contribution in [1.82, 2.24) is 9.88 Å². The number of anilines is 1. The zero-order chi connectivity index (χ0) is 23.4. The number of pyridine rings is 1. The van der Waals surface area contributed by atoms with Crippen molar-refractivity contribution in [3.05, 3.63) is 93.7 Å². The van der Waals surface area contributed by atoms with Gasteiger partial charge in [0.1, 0.15) is 11.5 Å². The van der Waals surface area contributed by atoms with E-state index in [-0.39, 0.29) is 5.56 Å². The van der Waals surface area contributed by atoms with Crippen molar-refractivity contribution >= 4 is 33.9 Å². The Labute approximate surface area is 198 Å². The predicted molar refractivity (Wildman–Crippen MR) is 136 cm³/mol. The Kier molecular flexibility index (Phi) is 6.79. The number of ether oxygens (including phenoxy) is 1. The van der Waals surface area contributed by atoms with Gasteiger partial charge in [-0.15, -0.1) is 0 Å². The van der Waals surface area contributed by atoms with Gasteiger partial charge in [-0.05, 0) is 86.6 Å². The van der Waals surface area contributed by atoms with Gasteiger partial charge in [-0.3, -0.25) is 4.79 Å². The van der Waals surface area contributed by atoms with Crippen LogP contribution in [-0.4, -0.2) is 21.6 Å². The molecule has 2 heterocycles. The molecule has 7 heteroatoms. The van der Waals surface area contributed by atoms with E-state index in [0.717, 1.165) is 39.2 Å². The number of aromatic nitrogens is 1. The van der Waals surface area contributed by atoms with Crippen LogP contribution in [-0.2, 0) is 13.1 Å². The molecular weight excluding hydrogens is 434 g/mol. The van der Waals surface area contributed by atoms with E-state index in [1.807, 2.05) is 74.2 Å². The van der Waals surface area contributed by atoms with Crippen molar-refractivity contribution in [1.29, 1.82) is 0 Å². The number of nitrogens with one attached hydrogen (secondary N) is 2. The zero-order valence-electron chi connectivity index (χ0n) is 19.0. The maximum absolute atomic E-state index is 12.9. The van der Waals surface area contributed by atoms with Gasteiger partial charge >= 0.3 is 0 Å². The summed E-state index contributed by atoms with van der Waals surface area (Å²) in [6, 6.07) is 17.4.